The Kier molecular flexibility index (Phi) is 4.10. The third-order valence-electron chi connectivity index (χ3n) is 4.14. The van der Waals surface area contributed by atoms with Crippen LogP contribution >= 0.6 is 0 Å². The predicted molar refractivity (Wildman–Crippen MR) is 91.3 cm³/mol. The zero-order chi connectivity index (χ0) is 19.0. The number of alkyl halides is 3. The molecular weight excluding hydrogens is 360 g/mol. The van der Waals surface area contributed by atoms with Gasteiger partial charge in [0.2, 0.25) is 0 Å². The van der Waals surface area contributed by atoms with E-state index in [1.165, 1.54) is 12.4 Å². The number of hydrogen-bond donors (Lipinski definition) is 0. The molecular formula is C19H12F4N4. The summed E-state index contributed by atoms with van der Waals surface area (Å²) in [5.74, 6) is -0.766. The first-order valence-corrected chi connectivity index (χ1v) is 8.01. The summed E-state index contributed by atoms with van der Waals surface area (Å²) in [6.07, 6.45) is 0.0734. The van der Waals surface area contributed by atoms with Crippen LogP contribution in [0.15, 0.2) is 61.1 Å². The van der Waals surface area contributed by atoms with Crippen molar-refractivity contribution in [2.75, 3.05) is 0 Å². The van der Waals surface area contributed by atoms with Gasteiger partial charge < -0.3 is 0 Å². The van der Waals surface area contributed by atoms with E-state index in [9.17, 15) is 17.6 Å². The number of hydrogen-bond acceptors (Lipinski definition) is 3. The van der Waals surface area contributed by atoms with Gasteiger partial charge in [0.25, 0.3) is 0 Å². The summed E-state index contributed by atoms with van der Waals surface area (Å²) in [7, 11) is 0. The standard InChI is InChI=1S/C19H12F4N4/c20-16-6-5-12(19(21,22)23)9-15(16)18-14-3-1-2-4-17(14)27(26-18)11-13-10-24-7-8-25-13/h1-10H,11H2. The van der Waals surface area contributed by atoms with Crippen LogP contribution in [0.3, 0.4) is 0 Å². The summed E-state index contributed by atoms with van der Waals surface area (Å²) in [5.41, 5.74) is 0.320. The highest BCUT2D eigenvalue weighted by Crippen LogP contribution is 2.35. The average Bonchev–Trinajstić information content (AvgIpc) is 3.01. The lowest BCUT2D eigenvalue weighted by molar-refractivity contribution is -0.137. The lowest BCUT2D eigenvalue weighted by Crippen LogP contribution is -2.06. The van der Waals surface area contributed by atoms with E-state index in [-0.39, 0.29) is 17.8 Å². The molecule has 136 valence electrons. The molecule has 0 saturated carbocycles. The third-order valence-corrected chi connectivity index (χ3v) is 4.14. The quantitative estimate of drug-likeness (QED) is 0.490. The molecule has 0 aliphatic heterocycles. The van der Waals surface area contributed by atoms with E-state index < -0.39 is 17.6 Å². The van der Waals surface area contributed by atoms with Crippen LogP contribution in [0.5, 0.6) is 0 Å². The second kappa shape index (κ2) is 6.46. The van der Waals surface area contributed by atoms with Gasteiger partial charge in [0.1, 0.15) is 11.5 Å². The second-order valence-electron chi connectivity index (χ2n) is 5.91. The lowest BCUT2D eigenvalue weighted by atomic mass is 10.0. The van der Waals surface area contributed by atoms with Gasteiger partial charge >= 0.3 is 6.18 Å². The van der Waals surface area contributed by atoms with E-state index in [4.69, 9.17) is 0 Å². The van der Waals surface area contributed by atoms with Gasteiger partial charge in [-0.2, -0.15) is 18.3 Å². The van der Waals surface area contributed by atoms with Crippen molar-refractivity contribution in [3.05, 3.63) is 78.1 Å². The first-order valence-electron chi connectivity index (χ1n) is 8.01. The van der Waals surface area contributed by atoms with Crippen molar-refractivity contribution < 1.29 is 17.6 Å². The van der Waals surface area contributed by atoms with Crippen molar-refractivity contribution in [3.8, 4) is 11.3 Å². The summed E-state index contributed by atoms with van der Waals surface area (Å²) in [5, 5.41) is 4.94. The van der Waals surface area contributed by atoms with Crippen LogP contribution in [0.4, 0.5) is 17.6 Å². The van der Waals surface area contributed by atoms with Crippen molar-refractivity contribution in [2.24, 2.45) is 0 Å². The normalized spacial score (nSPS) is 11.9. The van der Waals surface area contributed by atoms with Gasteiger partial charge in [0, 0.05) is 23.3 Å². The number of nitrogens with zero attached hydrogens (tertiary/aromatic N) is 4. The number of benzene rings is 2. The Bertz CT molecular complexity index is 1100. The highest BCUT2D eigenvalue weighted by molar-refractivity contribution is 5.93. The van der Waals surface area contributed by atoms with Crippen molar-refractivity contribution in [1.82, 2.24) is 19.7 Å². The lowest BCUT2D eigenvalue weighted by Gasteiger charge is -2.09. The molecule has 2 heterocycles. The zero-order valence-corrected chi connectivity index (χ0v) is 13.8. The van der Waals surface area contributed by atoms with Gasteiger partial charge in [-0.3, -0.25) is 14.6 Å². The first kappa shape index (κ1) is 17.1. The molecule has 2 aromatic heterocycles. The van der Waals surface area contributed by atoms with E-state index in [2.05, 4.69) is 15.1 Å². The Morgan fingerprint density at radius 2 is 1.81 bits per heavy atom. The van der Waals surface area contributed by atoms with Gasteiger partial charge in [0.05, 0.1) is 29.5 Å². The van der Waals surface area contributed by atoms with E-state index in [1.807, 2.05) is 0 Å². The fraction of sp³-hybridized carbons (Fsp3) is 0.105. The van der Waals surface area contributed by atoms with Crippen molar-refractivity contribution in [3.63, 3.8) is 0 Å². The Morgan fingerprint density at radius 1 is 1.00 bits per heavy atom. The van der Waals surface area contributed by atoms with Crippen molar-refractivity contribution >= 4 is 10.9 Å². The molecule has 0 unspecified atom stereocenters. The molecule has 27 heavy (non-hydrogen) atoms. The summed E-state index contributed by atoms with van der Waals surface area (Å²) in [6, 6.07) is 9.30. The molecule has 0 N–H and O–H groups in total. The summed E-state index contributed by atoms with van der Waals surface area (Å²) >= 11 is 0. The Hall–Kier alpha value is -3.29. The van der Waals surface area contributed by atoms with E-state index in [0.29, 0.717) is 16.6 Å². The van der Waals surface area contributed by atoms with Gasteiger partial charge in [0.15, 0.2) is 0 Å². The largest absolute Gasteiger partial charge is 0.416 e. The van der Waals surface area contributed by atoms with Crippen LogP contribution in [0.25, 0.3) is 22.2 Å². The fourth-order valence-electron chi connectivity index (χ4n) is 2.90. The molecule has 4 rings (SSSR count). The molecule has 0 bridgehead atoms. The summed E-state index contributed by atoms with van der Waals surface area (Å²) < 4.78 is 55.1. The number of para-hydroxylation sites is 1. The average molecular weight is 372 g/mol. The third kappa shape index (κ3) is 3.25. The zero-order valence-electron chi connectivity index (χ0n) is 13.8. The van der Waals surface area contributed by atoms with Crippen LogP contribution in [0.2, 0.25) is 0 Å². The Labute approximate surface area is 151 Å². The maximum atomic E-state index is 14.4. The van der Waals surface area contributed by atoms with E-state index in [1.54, 1.807) is 35.1 Å². The molecule has 0 aliphatic rings. The molecule has 0 atom stereocenters. The molecule has 0 radical (unpaired) electrons. The Morgan fingerprint density at radius 3 is 2.56 bits per heavy atom. The number of aromatic nitrogens is 4. The first-order chi connectivity index (χ1) is 12.9. The van der Waals surface area contributed by atoms with Gasteiger partial charge in [-0.25, -0.2) is 4.39 Å². The predicted octanol–water partition coefficient (Wildman–Crippen LogP) is 4.70. The highest BCUT2D eigenvalue weighted by atomic mass is 19.4. The molecule has 0 fully saturated rings. The van der Waals surface area contributed by atoms with Crippen LogP contribution in [-0.4, -0.2) is 19.7 Å². The van der Waals surface area contributed by atoms with Gasteiger partial charge in [-0.15, -0.1) is 0 Å². The smallest absolute Gasteiger partial charge is 0.261 e. The number of halogens is 4. The van der Waals surface area contributed by atoms with Crippen molar-refractivity contribution in [1.29, 1.82) is 0 Å². The van der Waals surface area contributed by atoms with Crippen LogP contribution in [0, 0.1) is 5.82 Å². The molecule has 0 amide bonds. The minimum atomic E-state index is -4.57. The van der Waals surface area contributed by atoms with Crippen LogP contribution < -0.4 is 0 Å². The maximum Gasteiger partial charge on any atom is 0.416 e. The second-order valence-corrected chi connectivity index (χ2v) is 5.91. The topological polar surface area (TPSA) is 43.6 Å². The minimum absolute atomic E-state index is 0.151. The maximum absolute atomic E-state index is 14.4. The van der Waals surface area contributed by atoms with Crippen LogP contribution in [-0.2, 0) is 12.7 Å². The van der Waals surface area contributed by atoms with Gasteiger partial charge in [-0.1, -0.05) is 18.2 Å². The van der Waals surface area contributed by atoms with Crippen molar-refractivity contribution in [2.45, 2.75) is 12.7 Å². The monoisotopic (exact) mass is 372 g/mol. The molecule has 2 aromatic carbocycles. The molecule has 8 heteroatoms. The fourth-order valence-corrected chi connectivity index (χ4v) is 2.90. The van der Waals surface area contributed by atoms with Gasteiger partial charge in [-0.05, 0) is 24.3 Å². The Balaban J connectivity index is 1.88. The molecule has 0 saturated heterocycles. The summed E-state index contributed by atoms with van der Waals surface area (Å²) in [6.45, 7) is 0.259. The van der Waals surface area contributed by atoms with Crippen LogP contribution in [0.1, 0.15) is 11.3 Å². The molecule has 4 nitrogen and oxygen atoms in total. The molecule has 4 aromatic rings. The molecule has 0 aliphatic carbocycles. The summed E-state index contributed by atoms with van der Waals surface area (Å²) in [4.78, 5) is 8.17. The number of fused-ring (bicyclic) bond motifs is 1. The van der Waals surface area contributed by atoms with E-state index >= 15 is 0 Å². The minimum Gasteiger partial charge on any atom is -0.261 e. The highest BCUT2D eigenvalue weighted by Gasteiger charge is 2.31. The van der Waals surface area contributed by atoms with E-state index in [0.717, 1.165) is 18.2 Å². The number of rotatable bonds is 3. The molecule has 0 spiro atoms. The SMILES string of the molecule is Fc1ccc(C(F)(F)F)cc1-c1nn(Cc2cnccn2)c2ccccc12.